The molecule has 21 heavy (non-hydrogen) atoms. The van der Waals surface area contributed by atoms with Crippen molar-refractivity contribution in [1.82, 2.24) is 4.90 Å². The van der Waals surface area contributed by atoms with Gasteiger partial charge in [-0.15, -0.1) is 0 Å². The quantitative estimate of drug-likeness (QED) is 0.730. The fourth-order valence-corrected chi connectivity index (χ4v) is 2.22. The van der Waals surface area contributed by atoms with Gasteiger partial charge in [-0.3, -0.25) is 4.90 Å². The van der Waals surface area contributed by atoms with Crippen LogP contribution in [0.5, 0.6) is 0 Å². The second-order valence-electron chi connectivity index (χ2n) is 5.06. The number of aliphatic hydroxyl groups is 1. The largest absolute Gasteiger partial charge is 0.468 e. The molecule has 0 aromatic carbocycles. The molecule has 116 valence electrons. The fourth-order valence-electron chi connectivity index (χ4n) is 2.22. The summed E-state index contributed by atoms with van der Waals surface area (Å²) < 4.78 is 16.0. The van der Waals surface area contributed by atoms with Crippen molar-refractivity contribution in [3.8, 4) is 0 Å². The standard InChI is InChI=1S/C16H23NO4/c1-2-7-17(11-15-5-3-8-20-15)10-14(18)12-19-13-16-6-4-9-21-16/h3-6,8-9,14,18H,2,7,10-13H2,1H3. The maximum atomic E-state index is 10.1. The van der Waals surface area contributed by atoms with Crippen molar-refractivity contribution in [3.05, 3.63) is 48.3 Å². The van der Waals surface area contributed by atoms with Gasteiger partial charge in [0.1, 0.15) is 18.1 Å². The first-order valence-electron chi connectivity index (χ1n) is 7.31. The van der Waals surface area contributed by atoms with Gasteiger partial charge in [0.05, 0.1) is 31.8 Å². The normalized spacial score (nSPS) is 12.9. The van der Waals surface area contributed by atoms with Crippen LogP contribution in [0.3, 0.4) is 0 Å². The molecule has 0 aliphatic heterocycles. The van der Waals surface area contributed by atoms with Crippen LogP contribution in [0.1, 0.15) is 24.9 Å². The lowest BCUT2D eigenvalue weighted by Gasteiger charge is -2.23. The van der Waals surface area contributed by atoms with Crippen LogP contribution in [0.4, 0.5) is 0 Å². The van der Waals surface area contributed by atoms with Gasteiger partial charge in [-0.1, -0.05) is 6.92 Å². The van der Waals surface area contributed by atoms with Crippen LogP contribution < -0.4 is 0 Å². The smallest absolute Gasteiger partial charge is 0.129 e. The van der Waals surface area contributed by atoms with E-state index in [4.69, 9.17) is 13.6 Å². The van der Waals surface area contributed by atoms with Crippen molar-refractivity contribution in [2.45, 2.75) is 32.6 Å². The Morgan fingerprint density at radius 2 is 1.90 bits per heavy atom. The topological polar surface area (TPSA) is 59.0 Å². The molecule has 0 saturated carbocycles. The molecule has 0 fully saturated rings. The van der Waals surface area contributed by atoms with Crippen molar-refractivity contribution >= 4 is 0 Å². The van der Waals surface area contributed by atoms with E-state index in [9.17, 15) is 5.11 Å². The Kier molecular flexibility index (Phi) is 6.53. The van der Waals surface area contributed by atoms with Gasteiger partial charge in [0, 0.05) is 6.54 Å². The van der Waals surface area contributed by atoms with Crippen LogP contribution >= 0.6 is 0 Å². The SMILES string of the molecule is CCCN(Cc1ccco1)CC(O)COCc1ccco1. The van der Waals surface area contributed by atoms with Gasteiger partial charge in [0.25, 0.3) is 0 Å². The molecule has 2 rings (SSSR count). The first-order valence-corrected chi connectivity index (χ1v) is 7.31. The summed E-state index contributed by atoms with van der Waals surface area (Å²) in [5.74, 6) is 1.68. The molecule has 0 spiro atoms. The molecule has 0 saturated heterocycles. The molecule has 1 atom stereocenters. The highest BCUT2D eigenvalue weighted by Crippen LogP contribution is 2.08. The lowest BCUT2D eigenvalue weighted by atomic mass is 10.3. The Hall–Kier alpha value is -1.56. The van der Waals surface area contributed by atoms with E-state index in [1.54, 1.807) is 12.5 Å². The van der Waals surface area contributed by atoms with Crippen LogP contribution in [0.25, 0.3) is 0 Å². The molecule has 5 heteroatoms. The van der Waals surface area contributed by atoms with Gasteiger partial charge in [0.15, 0.2) is 0 Å². The molecule has 0 radical (unpaired) electrons. The van der Waals surface area contributed by atoms with E-state index in [1.807, 2.05) is 24.3 Å². The summed E-state index contributed by atoms with van der Waals surface area (Å²) >= 11 is 0. The van der Waals surface area contributed by atoms with E-state index in [2.05, 4.69) is 11.8 Å². The van der Waals surface area contributed by atoms with E-state index < -0.39 is 6.10 Å². The highest BCUT2D eigenvalue weighted by Gasteiger charge is 2.13. The molecule has 2 aromatic rings. The second kappa shape index (κ2) is 8.67. The molecule has 0 bridgehead atoms. The second-order valence-corrected chi connectivity index (χ2v) is 5.06. The first kappa shape index (κ1) is 15.8. The third-order valence-electron chi connectivity index (χ3n) is 3.10. The Morgan fingerprint density at radius 3 is 2.52 bits per heavy atom. The number of nitrogens with zero attached hydrogens (tertiary/aromatic N) is 1. The molecule has 2 aromatic heterocycles. The molecular formula is C16H23NO4. The first-order chi connectivity index (χ1) is 10.3. The molecule has 1 N–H and O–H groups in total. The minimum Gasteiger partial charge on any atom is -0.468 e. The molecule has 0 aliphatic carbocycles. The van der Waals surface area contributed by atoms with Crippen molar-refractivity contribution < 1.29 is 18.7 Å². The van der Waals surface area contributed by atoms with Gasteiger partial charge in [-0.2, -0.15) is 0 Å². The van der Waals surface area contributed by atoms with E-state index >= 15 is 0 Å². The van der Waals surface area contributed by atoms with E-state index in [-0.39, 0.29) is 0 Å². The number of furan rings is 2. The van der Waals surface area contributed by atoms with Crippen molar-refractivity contribution in [1.29, 1.82) is 0 Å². The molecule has 0 amide bonds. The Labute approximate surface area is 125 Å². The zero-order valence-corrected chi connectivity index (χ0v) is 12.4. The summed E-state index contributed by atoms with van der Waals surface area (Å²) in [6.07, 6.45) is 3.78. The average Bonchev–Trinajstić information content (AvgIpc) is 3.12. The minimum atomic E-state index is -0.526. The predicted octanol–water partition coefficient (Wildman–Crippen LogP) is 2.66. The highest BCUT2D eigenvalue weighted by molar-refractivity contribution is 4.98. The minimum absolute atomic E-state index is 0.291. The molecule has 5 nitrogen and oxygen atoms in total. The van der Waals surface area contributed by atoms with Crippen molar-refractivity contribution in [2.75, 3.05) is 19.7 Å². The molecule has 1 unspecified atom stereocenters. The summed E-state index contributed by atoms with van der Waals surface area (Å²) in [6, 6.07) is 7.50. The van der Waals surface area contributed by atoms with E-state index in [0.717, 1.165) is 24.5 Å². The Bertz CT molecular complexity index is 466. The maximum Gasteiger partial charge on any atom is 0.129 e. The maximum absolute atomic E-state index is 10.1. The number of ether oxygens (including phenoxy) is 1. The van der Waals surface area contributed by atoms with Gasteiger partial charge in [-0.25, -0.2) is 0 Å². The fraction of sp³-hybridized carbons (Fsp3) is 0.500. The lowest BCUT2D eigenvalue weighted by molar-refractivity contribution is 0.00303. The van der Waals surface area contributed by atoms with E-state index in [1.165, 1.54) is 0 Å². The van der Waals surface area contributed by atoms with E-state index in [0.29, 0.717) is 26.3 Å². The van der Waals surface area contributed by atoms with Crippen molar-refractivity contribution in [2.24, 2.45) is 0 Å². The zero-order valence-electron chi connectivity index (χ0n) is 12.4. The summed E-state index contributed by atoms with van der Waals surface area (Å²) in [4.78, 5) is 2.17. The van der Waals surface area contributed by atoms with Crippen LogP contribution in [0.2, 0.25) is 0 Å². The molecule has 2 heterocycles. The predicted molar refractivity (Wildman–Crippen MR) is 78.6 cm³/mol. The van der Waals surface area contributed by atoms with Crippen LogP contribution in [-0.2, 0) is 17.9 Å². The monoisotopic (exact) mass is 293 g/mol. The summed E-state index contributed by atoms with van der Waals surface area (Å²) in [6.45, 7) is 4.97. The Balaban J connectivity index is 1.71. The number of rotatable bonds is 10. The van der Waals surface area contributed by atoms with Crippen molar-refractivity contribution in [3.63, 3.8) is 0 Å². The third-order valence-corrected chi connectivity index (χ3v) is 3.10. The molecular weight excluding hydrogens is 270 g/mol. The summed E-state index contributed by atoms with van der Waals surface area (Å²) in [5, 5.41) is 10.1. The number of hydrogen-bond donors (Lipinski definition) is 1. The highest BCUT2D eigenvalue weighted by atomic mass is 16.5. The van der Waals surface area contributed by atoms with Gasteiger partial charge in [-0.05, 0) is 37.2 Å². The van der Waals surface area contributed by atoms with Gasteiger partial charge in [0.2, 0.25) is 0 Å². The van der Waals surface area contributed by atoms with Crippen LogP contribution in [0, 0.1) is 0 Å². The van der Waals surface area contributed by atoms with Gasteiger partial charge >= 0.3 is 0 Å². The van der Waals surface area contributed by atoms with Gasteiger partial charge < -0.3 is 18.7 Å². The number of hydrogen-bond acceptors (Lipinski definition) is 5. The summed E-state index contributed by atoms with van der Waals surface area (Å²) in [5.41, 5.74) is 0. The molecule has 0 aliphatic rings. The lowest BCUT2D eigenvalue weighted by Crippen LogP contribution is -2.35. The summed E-state index contributed by atoms with van der Waals surface area (Å²) in [7, 11) is 0. The average molecular weight is 293 g/mol. The van der Waals surface area contributed by atoms with Crippen LogP contribution in [-0.4, -0.2) is 35.8 Å². The Morgan fingerprint density at radius 1 is 1.19 bits per heavy atom. The van der Waals surface area contributed by atoms with Crippen LogP contribution in [0.15, 0.2) is 45.6 Å². The number of aliphatic hydroxyl groups excluding tert-OH is 1. The zero-order chi connectivity index (χ0) is 14.9. The third kappa shape index (κ3) is 5.75.